The molecular weight excluding hydrogens is 518 g/mol. The number of rotatable bonds is 8. The second-order valence-corrected chi connectivity index (χ2v) is 9.96. The number of amides is 2. The average molecular weight is 546 g/mol. The first-order valence-corrected chi connectivity index (χ1v) is 13.1. The first-order valence-electron chi connectivity index (χ1n) is 11.7. The molecule has 2 amide bonds. The quantitative estimate of drug-likeness (QED) is 0.446. The zero-order valence-corrected chi connectivity index (χ0v) is 21.9. The fourth-order valence-corrected chi connectivity index (χ4v) is 5.28. The van der Waals surface area contributed by atoms with Crippen molar-refractivity contribution >= 4 is 28.0 Å². The lowest BCUT2D eigenvalue weighted by atomic mass is 10.2. The molecule has 0 atom stereocenters. The van der Waals surface area contributed by atoms with Crippen LogP contribution in [0.2, 0.25) is 0 Å². The molecule has 0 saturated carbocycles. The van der Waals surface area contributed by atoms with Gasteiger partial charge in [-0.15, -0.1) is 5.10 Å². The molecule has 1 aliphatic rings. The molecule has 0 aliphatic carbocycles. The first kappa shape index (κ1) is 26.9. The van der Waals surface area contributed by atoms with Crippen molar-refractivity contribution in [2.45, 2.75) is 11.8 Å². The van der Waals surface area contributed by atoms with E-state index in [0.717, 1.165) is 0 Å². The van der Waals surface area contributed by atoms with Crippen LogP contribution in [-0.4, -0.2) is 86.8 Å². The summed E-state index contributed by atoms with van der Waals surface area (Å²) in [4.78, 5) is 26.1. The van der Waals surface area contributed by atoms with E-state index in [1.54, 1.807) is 25.1 Å². The normalized spacial score (nSPS) is 14.1. The predicted molar refractivity (Wildman–Crippen MR) is 135 cm³/mol. The van der Waals surface area contributed by atoms with Gasteiger partial charge < -0.3 is 23.5 Å². The number of ether oxygens (including phenoxy) is 3. The Hall–Kier alpha value is -4.17. The molecule has 0 radical (unpaired) electrons. The molecule has 3 aromatic rings. The van der Waals surface area contributed by atoms with Gasteiger partial charge in [0.2, 0.25) is 10.0 Å². The van der Waals surface area contributed by atoms with E-state index in [1.165, 1.54) is 47.7 Å². The second-order valence-electron chi connectivity index (χ2n) is 8.02. The molecule has 1 fully saturated rings. The highest BCUT2D eigenvalue weighted by Gasteiger charge is 2.30. The molecule has 1 aromatic heterocycles. The number of carbonyl (C=O) groups excluding carboxylic acids is 2. The predicted octanol–water partition coefficient (Wildman–Crippen LogP) is 2.47. The van der Waals surface area contributed by atoms with Crippen molar-refractivity contribution in [3.8, 4) is 23.0 Å². The van der Waals surface area contributed by atoms with Crippen molar-refractivity contribution in [2.75, 3.05) is 52.3 Å². The zero-order chi connectivity index (χ0) is 27.3. The van der Waals surface area contributed by atoms with Gasteiger partial charge in [-0.2, -0.15) is 4.31 Å². The summed E-state index contributed by atoms with van der Waals surface area (Å²) in [6, 6.07) is 10.5. The van der Waals surface area contributed by atoms with E-state index in [0.29, 0.717) is 17.1 Å². The molecule has 202 valence electrons. The Balaban J connectivity index is 1.41. The molecule has 1 aliphatic heterocycles. The van der Waals surface area contributed by atoms with Gasteiger partial charge in [0.05, 0.1) is 31.3 Å². The molecule has 0 unspecified atom stereocenters. The molecule has 2 heterocycles. The van der Waals surface area contributed by atoms with Gasteiger partial charge >= 0.3 is 12.1 Å². The van der Waals surface area contributed by atoms with Gasteiger partial charge in [-0.3, -0.25) is 10.1 Å². The molecule has 14 heteroatoms. The summed E-state index contributed by atoms with van der Waals surface area (Å²) in [6.07, 6.45) is -0.462. The highest BCUT2D eigenvalue weighted by atomic mass is 32.2. The number of para-hydroxylation sites is 1. The minimum Gasteiger partial charge on any atom is -0.493 e. The van der Waals surface area contributed by atoms with E-state index >= 15 is 0 Å². The number of nitrogens with one attached hydrogen (secondary N) is 1. The minimum absolute atomic E-state index is 0.0313. The van der Waals surface area contributed by atoms with Crippen LogP contribution < -0.4 is 14.8 Å². The first-order chi connectivity index (χ1) is 18.3. The number of methoxy groups -OCH3 is 2. The molecule has 13 nitrogen and oxygen atoms in total. The van der Waals surface area contributed by atoms with Crippen LogP contribution in [0.1, 0.15) is 17.3 Å². The van der Waals surface area contributed by atoms with E-state index in [-0.39, 0.29) is 55.2 Å². The van der Waals surface area contributed by atoms with Crippen molar-refractivity contribution in [3.63, 3.8) is 0 Å². The fraction of sp³-hybridized carbons (Fsp3) is 0.333. The van der Waals surface area contributed by atoms with Crippen molar-refractivity contribution < 1.29 is 36.6 Å². The van der Waals surface area contributed by atoms with Crippen LogP contribution in [0.4, 0.5) is 10.8 Å². The third-order valence-electron chi connectivity index (χ3n) is 5.80. The molecule has 2 aromatic carbocycles. The highest BCUT2D eigenvalue weighted by Crippen LogP contribution is 2.37. The topological polar surface area (TPSA) is 153 Å². The molecule has 0 bridgehead atoms. The van der Waals surface area contributed by atoms with Crippen LogP contribution in [0.25, 0.3) is 11.5 Å². The number of piperazine rings is 1. The Morgan fingerprint density at radius 3 is 2.34 bits per heavy atom. The second kappa shape index (κ2) is 11.5. The Labute approximate surface area is 219 Å². The van der Waals surface area contributed by atoms with E-state index in [1.807, 2.05) is 0 Å². The molecule has 4 rings (SSSR count). The zero-order valence-electron chi connectivity index (χ0n) is 21.0. The van der Waals surface area contributed by atoms with Gasteiger partial charge in [0.1, 0.15) is 0 Å². The summed E-state index contributed by atoms with van der Waals surface area (Å²) >= 11 is 0. The smallest absolute Gasteiger partial charge is 0.409 e. The molecule has 1 saturated heterocycles. The molecule has 38 heavy (non-hydrogen) atoms. The summed E-state index contributed by atoms with van der Waals surface area (Å²) in [5, 5.41) is 10.3. The lowest BCUT2D eigenvalue weighted by Gasteiger charge is -2.33. The number of hydrogen-bond donors (Lipinski definition) is 1. The maximum atomic E-state index is 13.0. The minimum atomic E-state index is -3.80. The SMILES string of the molecule is CCOC(=O)N1CCN(S(=O)(=O)c2ccc(C(=O)Nc3nnc(-c4cccc(OC)c4OC)o3)cc2)CC1. The monoisotopic (exact) mass is 545 g/mol. The average Bonchev–Trinajstić information content (AvgIpc) is 3.41. The van der Waals surface area contributed by atoms with Crippen molar-refractivity contribution in [2.24, 2.45) is 0 Å². The van der Waals surface area contributed by atoms with Crippen LogP contribution in [0.3, 0.4) is 0 Å². The highest BCUT2D eigenvalue weighted by molar-refractivity contribution is 7.89. The lowest BCUT2D eigenvalue weighted by Crippen LogP contribution is -2.50. The Bertz CT molecular complexity index is 1400. The third kappa shape index (κ3) is 5.55. The van der Waals surface area contributed by atoms with Crippen LogP contribution in [0.15, 0.2) is 51.8 Å². The van der Waals surface area contributed by atoms with Crippen molar-refractivity contribution in [1.82, 2.24) is 19.4 Å². The third-order valence-corrected chi connectivity index (χ3v) is 7.71. The molecule has 1 N–H and O–H groups in total. The summed E-state index contributed by atoms with van der Waals surface area (Å²) in [7, 11) is -0.821. The standard InChI is InChI=1S/C24H27N5O8S/c1-4-36-24(31)28-12-14-29(15-13-28)38(32,33)17-10-8-16(9-11-17)21(30)25-23-27-26-22(37-23)18-6-5-7-19(34-2)20(18)35-3/h5-11H,4,12-15H2,1-3H3,(H,25,27,30). The van der Waals surface area contributed by atoms with E-state index in [2.05, 4.69) is 15.5 Å². The fourth-order valence-electron chi connectivity index (χ4n) is 3.86. The number of nitrogens with zero attached hydrogens (tertiary/aromatic N) is 4. The van der Waals surface area contributed by atoms with Crippen LogP contribution in [0.5, 0.6) is 11.5 Å². The summed E-state index contributed by atoms with van der Waals surface area (Å²) in [5.74, 6) is 0.422. The number of anilines is 1. The van der Waals surface area contributed by atoms with Gasteiger partial charge in [-0.1, -0.05) is 11.2 Å². The van der Waals surface area contributed by atoms with Crippen LogP contribution in [-0.2, 0) is 14.8 Å². The maximum absolute atomic E-state index is 13.0. The van der Waals surface area contributed by atoms with Crippen molar-refractivity contribution in [1.29, 1.82) is 0 Å². The van der Waals surface area contributed by atoms with Gasteiger partial charge in [0.15, 0.2) is 11.5 Å². The Morgan fingerprint density at radius 1 is 1.00 bits per heavy atom. The summed E-state index contributed by atoms with van der Waals surface area (Å²) in [5.41, 5.74) is 0.673. The number of sulfonamides is 1. The van der Waals surface area contributed by atoms with Crippen molar-refractivity contribution in [3.05, 3.63) is 48.0 Å². The Morgan fingerprint density at radius 2 is 1.71 bits per heavy atom. The lowest BCUT2D eigenvalue weighted by molar-refractivity contribution is 0.0933. The number of benzene rings is 2. The van der Waals surface area contributed by atoms with Gasteiger partial charge in [0, 0.05) is 31.7 Å². The van der Waals surface area contributed by atoms with E-state index in [9.17, 15) is 18.0 Å². The van der Waals surface area contributed by atoms with Gasteiger partial charge in [-0.25, -0.2) is 13.2 Å². The number of carbonyl (C=O) groups is 2. The number of hydrogen-bond acceptors (Lipinski definition) is 10. The summed E-state index contributed by atoms with van der Waals surface area (Å²) < 4.78 is 48.5. The summed E-state index contributed by atoms with van der Waals surface area (Å²) in [6.45, 7) is 2.70. The van der Waals surface area contributed by atoms with Crippen LogP contribution in [0, 0.1) is 0 Å². The van der Waals surface area contributed by atoms with Gasteiger partial charge in [-0.05, 0) is 43.3 Å². The largest absolute Gasteiger partial charge is 0.493 e. The molecule has 0 spiro atoms. The number of aromatic nitrogens is 2. The van der Waals surface area contributed by atoms with Gasteiger partial charge in [0.25, 0.3) is 11.8 Å². The molecular formula is C24H27N5O8S. The maximum Gasteiger partial charge on any atom is 0.409 e. The Kier molecular flexibility index (Phi) is 8.12. The van der Waals surface area contributed by atoms with E-state index in [4.69, 9.17) is 18.6 Å². The van der Waals surface area contributed by atoms with Crippen LogP contribution >= 0.6 is 0 Å². The van der Waals surface area contributed by atoms with E-state index < -0.39 is 22.0 Å².